The van der Waals surface area contributed by atoms with Crippen molar-refractivity contribution < 1.29 is 5.11 Å². The molecule has 1 aromatic rings. The van der Waals surface area contributed by atoms with E-state index in [9.17, 15) is 5.11 Å². The largest absolute Gasteiger partial charge is 0.391 e. The maximum absolute atomic E-state index is 9.58. The molecule has 4 nitrogen and oxygen atoms in total. The van der Waals surface area contributed by atoms with Crippen molar-refractivity contribution in [2.45, 2.75) is 23.4 Å². The van der Waals surface area contributed by atoms with Crippen LogP contribution in [0.2, 0.25) is 0 Å². The van der Waals surface area contributed by atoms with Crippen molar-refractivity contribution in [1.29, 1.82) is 0 Å². The molecule has 76 valence electrons. The van der Waals surface area contributed by atoms with Gasteiger partial charge in [-0.3, -0.25) is 0 Å². The van der Waals surface area contributed by atoms with E-state index in [1.165, 1.54) is 11.8 Å². The van der Waals surface area contributed by atoms with Crippen molar-refractivity contribution in [3.05, 3.63) is 18.0 Å². The molecule has 14 heavy (non-hydrogen) atoms. The van der Waals surface area contributed by atoms with Gasteiger partial charge in [-0.1, -0.05) is 11.8 Å². The number of β-amino-alcohol motifs (C(OH)–C–C–N with tert-alkyl or cyclic N) is 1. The van der Waals surface area contributed by atoms with Crippen LogP contribution in [0.4, 0.5) is 0 Å². The zero-order valence-corrected chi connectivity index (χ0v) is 8.79. The summed E-state index contributed by atoms with van der Waals surface area (Å²) in [6.45, 7) is 3.43. The molecule has 1 aromatic heterocycles. The SMILES string of the molecule is Cc1ccnc(S[C@@H]2CNC[C@H]2O)n1. The van der Waals surface area contributed by atoms with Gasteiger partial charge in [-0.2, -0.15) is 0 Å². The van der Waals surface area contributed by atoms with Crippen molar-refractivity contribution >= 4 is 11.8 Å². The van der Waals surface area contributed by atoms with Crippen LogP contribution in [0.1, 0.15) is 5.69 Å². The highest BCUT2D eigenvalue weighted by Crippen LogP contribution is 2.23. The zero-order chi connectivity index (χ0) is 9.97. The lowest BCUT2D eigenvalue weighted by Crippen LogP contribution is -2.20. The number of nitrogens with one attached hydrogen (secondary N) is 1. The summed E-state index contributed by atoms with van der Waals surface area (Å²) in [6, 6.07) is 1.87. The highest BCUT2D eigenvalue weighted by atomic mass is 32.2. The molecule has 1 fully saturated rings. The maximum Gasteiger partial charge on any atom is 0.188 e. The van der Waals surface area contributed by atoms with Gasteiger partial charge in [0.1, 0.15) is 0 Å². The average molecular weight is 211 g/mol. The second-order valence-corrected chi connectivity index (χ2v) is 4.57. The molecule has 1 aliphatic rings. The Morgan fingerprint density at radius 1 is 1.57 bits per heavy atom. The summed E-state index contributed by atoms with van der Waals surface area (Å²) in [5, 5.41) is 13.6. The van der Waals surface area contributed by atoms with E-state index in [0.717, 1.165) is 17.4 Å². The van der Waals surface area contributed by atoms with E-state index in [1.54, 1.807) is 6.20 Å². The minimum absolute atomic E-state index is 0.178. The summed E-state index contributed by atoms with van der Waals surface area (Å²) >= 11 is 1.54. The molecule has 0 amide bonds. The Kier molecular flexibility index (Phi) is 3.00. The first-order valence-corrected chi connectivity index (χ1v) is 5.49. The van der Waals surface area contributed by atoms with Crippen LogP contribution < -0.4 is 5.32 Å². The highest BCUT2D eigenvalue weighted by molar-refractivity contribution is 7.99. The van der Waals surface area contributed by atoms with E-state index in [2.05, 4.69) is 15.3 Å². The van der Waals surface area contributed by atoms with Crippen molar-refractivity contribution in [3.63, 3.8) is 0 Å². The number of aromatic nitrogens is 2. The number of nitrogens with zero attached hydrogens (tertiary/aromatic N) is 2. The fourth-order valence-corrected chi connectivity index (χ4v) is 2.42. The quantitative estimate of drug-likeness (QED) is 0.685. The molecule has 0 radical (unpaired) electrons. The summed E-state index contributed by atoms with van der Waals surface area (Å²) < 4.78 is 0. The van der Waals surface area contributed by atoms with Crippen LogP contribution in [0.15, 0.2) is 17.4 Å². The second kappa shape index (κ2) is 4.25. The third-order valence-corrected chi connectivity index (χ3v) is 3.35. The fraction of sp³-hybridized carbons (Fsp3) is 0.556. The van der Waals surface area contributed by atoms with Gasteiger partial charge in [0.2, 0.25) is 0 Å². The van der Waals surface area contributed by atoms with Gasteiger partial charge in [0.25, 0.3) is 0 Å². The molecular weight excluding hydrogens is 198 g/mol. The van der Waals surface area contributed by atoms with E-state index in [1.807, 2.05) is 13.0 Å². The maximum atomic E-state index is 9.58. The summed E-state index contributed by atoms with van der Waals surface area (Å²) in [5.41, 5.74) is 0.961. The van der Waals surface area contributed by atoms with Crippen LogP contribution in [0, 0.1) is 6.92 Å². The Bertz CT molecular complexity index is 321. The topological polar surface area (TPSA) is 58.0 Å². The molecule has 2 N–H and O–H groups in total. The van der Waals surface area contributed by atoms with Gasteiger partial charge in [-0.25, -0.2) is 9.97 Å². The molecular formula is C9H13N3OS. The lowest BCUT2D eigenvalue weighted by Gasteiger charge is -2.10. The third kappa shape index (κ3) is 2.23. The minimum atomic E-state index is -0.288. The molecule has 2 rings (SSSR count). The van der Waals surface area contributed by atoms with Crippen LogP contribution in [0.25, 0.3) is 0 Å². The lowest BCUT2D eigenvalue weighted by atomic mass is 10.3. The van der Waals surface area contributed by atoms with Gasteiger partial charge in [0, 0.05) is 25.0 Å². The number of aliphatic hydroxyl groups excluding tert-OH is 1. The molecule has 0 unspecified atom stereocenters. The van der Waals surface area contributed by atoms with Crippen LogP contribution in [0.3, 0.4) is 0 Å². The van der Waals surface area contributed by atoms with Gasteiger partial charge < -0.3 is 10.4 Å². The number of rotatable bonds is 2. The Hall–Kier alpha value is -0.650. The summed E-state index contributed by atoms with van der Waals surface area (Å²) in [5.74, 6) is 0. The Morgan fingerprint density at radius 3 is 3.07 bits per heavy atom. The molecule has 2 heterocycles. The molecule has 1 aliphatic heterocycles. The molecule has 0 aliphatic carbocycles. The Labute approximate surface area is 87.2 Å². The van der Waals surface area contributed by atoms with E-state index in [4.69, 9.17) is 0 Å². The first-order chi connectivity index (χ1) is 6.75. The normalized spacial score (nSPS) is 26.7. The van der Waals surface area contributed by atoms with Gasteiger partial charge in [-0.15, -0.1) is 0 Å². The van der Waals surface area contributed by atoms with Crippen molar-refractivity contribution in [1.82, 2.24) is 15.3 Å². The van der Waals surface area contributed by atoms with Gasteiger partial charge in [-0.05, 0) is 13.0 Å². The zero-order valence-electron chi connectivity index (χ0n) is 7.97. The average Bonchev–Trinajstić information content (AvgIpc) is 2.52. The third-order valence-electron chi connectivity index (χ3n) is 2.16. The molecule has 0 aromatic carbocycles. The van der Waals surface area contributed by atoms with E-state index < -0.39 is 0 Å². The standard InChI is InChI=1S/C9H13N3OS/c1-6-2-3-11-9(12-6)14-8-5-10-4-7(8)13/h2-3,7-8,10,13H,4-5H2,1H3/t7-,8-/m1/s1. The minimum Gasteiger partial charge on any atom is -0.391 e. The molecule has 1 saturated heterocycles. The molecule has 2 atom stereocenters. The van der Waals surface area contributed by atoms with Crippen molar-refractivity contribution in [3.8, 4) is 0 Å². The smallest absolute Gasteiger partial charge is 0.188 e. The first-order valence-electron chi connectivity index (χ1n) is 4.61. The summed E-state index contributed by atoms with van der Waals surface area (Å²) in [6.07, 6.45) is 1.46. The van der Waals surface area contributed by atoms with Gasteiger partial charge in [0.15, 0.2) is 5.16 Å². The second-order valence-electron chi connectivity index (χ2n) is 3.36. The van der Waals surface area contributed by atoms with Crippen LogP contribution >= 0.6 is 11.8 Å². The molecule has 0 spiro atoms. The summed E-state index contributed by atoms with van der Waals surface area (Å²) in [7, 11) is 0. The predicted molar refractivity (Wildman–Crippen MR) is 55.3 cm³/mol. The number of thioether (sulfide) groups is 1. The monoisotopic (exact) mass is 211 g/mol. The number of hydrogen-bond acceptors (Lipinski definition) is 5. The number of hydrogen-bond donors (Lipinski definition) is 2. The Balaban J connectivity index is 2.03. The van der Waals surface area contributed by atoms with Crippen LogP contribution in [0.5, 0.6) is 0 Å². The Morgan fingerprint density at radius 2 is 2.43 bits per heavy atom. The first kappa shape index (κ1) is 9.89. The molecule has 5 heteroatoms. The van der Waals surface area contributed by atoms with E-state index in [0.29, 0.717) is 6.54 Å². The predicted octanol–water partition coefficient (Wildman–Crippen LogP) is 0.210. The van der Waals surface area contributed by atoms with Crippen molar-refractivity contribution in [2.24, 2.45) is 0 Å². The van der Waals surface area contributed by atoms with E-state index in [-0.39, 0.29) is 11.4 Å². The fourth-order valence-electron chi connectivity index (χ4n) is 1.38. The van der Waals surface area contributed by atoms with Crippen LogP contribution in [-0.2, 0) is 0 Å². The van der Waals surface area contributed by atoms with Gasteiger partial charge in [0.05, 0.1) is 11.4 Å². The van der Waals surface area contributed by atoms with Crippen molar-refractivity contribution in [2.75, 3.05) is 13.1 Å². The highest BCUT2D eigenvalue weighted by Gasteiger charge is 2.26. The van der Waals surface area contributed by atoms with E-state index >= 15 is 0 Å². The number of aryl methyl sites for hydroxylation is 1. The molecule has 0 bridgehead atoms. The molecule has 0 saturated carbocycles. The van der Waals surface area contributed by atoms with Crippen LogP contribution in [-0.4, -0.2) is 39.5 Å². The lowest BCUT2D eigenvalue weighted by molar-refractivity contribution is 0.201. The number of aliphatic hydroxyl groups is 1. The van der Waals surface area contributed by atoms with Gasteiger partial charge >= 0.3 is 0 Å². The summed E-state index contributed by atoms with van der Waals surface area (Å²) in [4.78, 5) is 8.43.